The zero-order valence-electron chi connectivity index (χ0n) is 12.0. The van der Waals surface area contributed by atoms with E-state index in [2.05, 4.69) is 86.9 Å². The summed E-state index contributed by atoms with van der Waals surface area (Å²) in [5.41, 5.74) is 0. The second kappa shape index (κ2) is 70.0. The third-order valence-electron chi connectivity index (χ3n) is 0.596. The van der Waals surface area contributed by atoms with Crippen molar-refractivity contribution in [3.8, 4) is 0 Å². The maximum Gasteiger partial charge on any atom is 2.00 e. The third-order valence-corrected chi connectivity index (χ3v) is 4.17. The molecule has 24 heavy (non-hydrogen) atoms. The van der Waals surface area contributed by atoms with Crippen molar-refractivity contribution in [1.82, 2.24) is 0 Å². The van der Waals surface area contributed by atoms with E-state index in [0.29, 0.717) is 0 Å². The molecule has 0 aromatic carbocycles. The Hall–Kier alpha value is 6.55. The number of hydrogen-bond acceptors (Lipinski definition) is 0. The van der Waals surface area contributed by atoms with Crippen LogP contribution in [-0.2, 0) is 52.4 Å². The van der Waals surface area contributed by atoms with Crippen molar-refractivity contribution in [3.63, 3.8) is 0 Å². The maximum atomic E-state index is 2.80. The molecule has 0 heterocycles. The minimum absolute atomic E-state index is 0. The minimum atomic E-state index is 0. The van der Waals surface area contributed by atoms with E-state index in [0.717, 1.165) is 0 Å². The molecule has 0 bridgehead atoms. The number of allylic oxidation sites excluding steroid dienone is 4. The summed E-state index contributed by atoms with van der Waals surface area (Å²) in [6, 6.07) is 0. The van der Waals surface area contributed by atoms with Crippen LogP contribution in [0.4, 0.5) is 0 Å². The first-order valence-corrected chi connectivity index (χ1v) is 16.2. The van der Waals surface area contributed by atoms with Crippen molar-refractivity contribution < 1.29 is 77.2 Å². The first-order chi connectivity index (χ1) is 9.66. The van der Waals surface area contributed by atoms with Gasteiger partial charge >= 0.3 is 275 Å². The first-order valence-electron chi connectivity index (χ1n) is 4.42. The van der Waals surface area contributed by atoms with Crippen LogP contribution in [0.5, 0.6) is 0 Å². The summed E-state index contributed by atoms with van der Waals surface area (Å²) >= 11 is 14.3. The van der Waals surface area contributed by atoms with E-state index in [1.165, 1.54) is 96.9 Å². The monoisotopic (exact) mass is 1540 g/mol. The molecule has 12 heteroatoms. The van der Waals surface area contributed by atoms with Crippen molar-refractivity contribution in [2.24, 2.45) is 0 Å². The standard InChI is InChI=1S/4C3H2As.4Bi.2ClH.2Zr/c4*1-2-3-4;;;;;;;;/h4*1-2H;;;;;2*1H;;/q4*-1;;;;;;;2*+2/p-2. The first kappa shape index (κ1) is 52.5. The van der Waals surface area contributed by atoms with Gasteiger partial charge in [-0.05, 0) is 0 Å². The molecule has 0 nitrogen and oxygen atoms in total. The van der Waals surface area contributed by atoms with Gasteiger partial charge in [0.05, 0.1) is 0 Å². The summed E-state index contributed by atoms with van der Waals surface area (Å²) in [5.74, 6) is 0. The van der Waals surface area contributed by atoms with E-state index in [9.17, 15) is 0 Å². The molecule has 120 valence electrons. The second-order valence-electron chi connectivity index (χ2n) is 1.78. The van der Waals surface area contributed by atoms with Crippen molar-refractivity contribution in [3.05, 3.63) is 43.8 Å². The van der Waals surface area contributed by atoms with Crippen molar-refractivity contribution >= 4 is 179 Å². The van der Waals surface area contributed by atoms with Crippen molar-refractivity contribution in [1.29, 1.82) is 0 Å². The Morgan fingerprint density at radius 1 is 0.458 bits per heavy atom. The van der Waals surface area contributed by atoms with Gasteiger partial charge in [0.15, 0.2) is 0 Å². The Balaban J connectivity index is -0.0000000225. The molecule has 0 fully saturated rings. The molecule has 0 amide bonds. The number of hydrogen-bond donors (Lipinski definition) is 0. The summed E-state index contributed by atoms with van der Waals surface area (Å²) in [7, 11) is 0. The second-order valence-corrected chi connectivity index (χ2v) is 8.58. The van der Waals surface area contributed by atoms with Crippen LogP contribution in [0.25, 0.3) is 0 Å². The van der Waals surface area contributed by atoms with E-state index >= 15 is 0 Å². The van der Waals surface area contributed by atoms with E-state index in [4.69, 9.17) is 0 Å². The predicted octanol–water partition coefficient (Wildman–Crippen LogP) is -8.23. The third kappa shape index (κ3) is 102. The molecule has 0 aliphatic heterocycles. The Bertz CT molecular complexity index is 279. The van der Waals surface area contributed by atoms with Gasteiger partial charge in [0, 0.05) is 0 Å². The van der Waals surface area contributed by atoms with E-state index in [-0.39, 0.29) is 77.2 Å². The fourth-order valence-electron chi connectivity index (χ4n) is 0.133. The van der Waals surface area contributed by atoms with Crippen LogP contribution in [0.3, 0.4) is 0 Å². The maximum absolute atomic E-state index is 2.80. The van der Waals surface area contributed by atoms with Gasteiger partial charge in [-0.1, -0.05) is 0 Å². The zero-order valence-corrected chi connectivity index (χ0v) is 39.8. The normalized spacial score (nSPS) is 7.50. The molecule has 0 aromatic heterocycles. The average molecular weight is 1540 g/mol. The summed E-state index contributed by atoms with van der Waals surface area (Å²) < 4.78 is 8.16. The van der Waals surface area contributed by atoms with Crippen LogP contribution in [0, 0.1) is 19.5 Å². The van der Waals surface area contributed by atoms with Crippen LogP contribution in [0.2, 0.25) is 0 Å². The van der Waals surface area contributed by atoms with E-state index in [1.807, 2.05) is 39.1 Å². The summed E-state index contributed by atoms with van der Waals surface area (Å²) in [4.78, 5) is 11.2. The van der Waals surface area contributed by atoms with Gasteiger partial charge in [-0.25, -0.2) is 0 Å². The fourth-order valence-corrected chi connectivity index (χ4v) is 6.08. The van der Waals surface area contributed by atoms with Gasteiger partial charge in [0.1, 0.15) is 0 Å². The molecule has 0 saturated heterocycles. The van der Waals surface area contributed by atoms with Crippen molar-refractivity contribution in [2.45, 2.75) is 0 Å². The van der Waals surface area contributed by atoms with E-state index < -0.39 is 0 Å². The van der Waals surface area contributed by atoms with Gasteiger partial charge in [0.25, 0.3) is 0 Å². The molecule has 0 unspecified atom stereocenters. The van der Waals surface area contributed by atoms with Gasteiger partial charge in [0.2, 0.25) is 0 Å². The molecule has 0 rings (SSSR count). The van der Waals surface area contributed by atoms with Gasteiger partial charge in [-0.2, -0.15) is 0 Å². The summed E-state index contributed by atoms with van der Waals surface area (Å²) in [6.07, 6.45) is 7.59. The predicted molar refractivity (Wildman–Crippen MR) is 102 cm³/mol. The average Bonchev–Trinajstić information content (AvgIpc) is 2.44. The quantitative estimate of drug-likeness (QED) is 0.194. The molecular weight excluding hydrogens is 1530 g/mol. The van der Waals surface area contributed by atoms with Gasteiger partial charge < -0.3 is 24.8 Å². The van der Waals surface area contributed by atoms with Gasteiger partial charge in [-0.3, -0.25) is 0 Å². The molecule has 12 radical (unpaired) electrons. The molecular formula is C12H8As4Bi4Cl2Zr2-2. The smallest absolute Gasteiger partial charge is 1.00 e. The molecule has 0 aromatic rings. The van der Waals surface area contributed by atoms with E-state index in [1.54, 1.807) is 0 Å². The zero-order chi connectivity index (χ0) is 16.5. The number of rotatable bonds is 4. The SMILES string of the molecule is [As][C-]=C[CH]=[Bi].[As][C-]=C[CH]=[Bi].[As][C-]=C[CH]=[Bi].[As][C-]=C[CH]=[Bi].[Cl-].[Cl-].[Zr+2].[Zr+2]. The van der Waals surface area contributed by atoms with Crippen LogP contribution < -0.4 is 24.8 Å². The Labute approximate surface area is 293 Å². The fraction of sp³-hybridized carbons (Fsp3) is 0. The van der Waals surface area contributed by atoms with Crippen LogP contribution in [-0.4, -0.2) is 179 Å². The topological polar surface area (TPSA) is 0 Å². The Morgan fingerprint density at radius 3 is 0.583 bits per heavy atom. The molecule has 0 spiro atoms. The van der Waals surface area contributed by atoms with Crippen molar-refractivity contribution in [2.75, 3.05) is 0 Å². The molecule has 0 saturated carbocycles. The largest absolute Gasteiger partial charge is 2.00 e. The molecule has 0 N–H and O–H groups in total. The summed E-state index contributed by atoms with van der Waals surface area (Å²) in [5, 5.41) is 0. The summed E-state index contributed by atoms with van der Waals surface area (Å²) in [6.45, 7) is 0. The van der Waals surface area contributed by atoms with Crippen LogP contribution in [0.1, 0.15) is 0 Å². The molecule has 0 atom stereocenters. The molecule has 0 aliphatic rings. The number of halogens is 2. The van der Waals surface area contributed by atoms with Gasteiger partial charge in [-0.15, -0.1) is 0 Å². The minimum Gasteiger partial charge on any atom is -1.00 e. The van der Waals surface area contributed by atoms with Crippen LogP contribution >= 0.6 is 0 Å². The van der Waals surface area contributed by atoms with Crippen LogP contribution in [0.15, 0.2) is 24.3 Å². The Kier molecular flexibility index (Phi) is 153. The molecule has 0 aliphatic carbocycles. The Morgan fingerprint density at radius 2 is 0.583 bits per heavy atom.